The highest BCUT2D eigenvalue weighted by Gasteiger charge is 2.36. The van der Waals surface area contributed by atoms with Crippen LogP contribution >= 0.6 is 11.6 Å². The second-order valence-corrected chi connectivity index (χ2v) is 7.41. The van der Waals surface area contributed by atoms with Gasteiger partial charge in [0.25, 0.3) is 0 Å². The van der Waals surface area contributed by atoms with E-state index in [1.807, 2.05) is 0 Å². The average molecular weight is 440 g/mol. The topological polar surface area (TPSA) is 61.4 Å². The third-order valence-electron chi connectivity index (χ3n) is 4.95. The van der Waals surface area contributed by atoms with E-state index < -0.39 is 17.8 Å². The molecule has 1 atom stereocenters. The maximum Gasteiger partial charge on any atom is 0.416 e. The SMILES string of the molecule is O=C(CC1C(=O)NCCN1Cc1ccccc1C(F)(F)F)NCc1ccccc1Cl. The predicted octanol–water partition coefficient (Wildman–Crippen LogP) is 3.37. The largest absolute Gasteiger partial charge is 0.416 e. The summed E-state index contributed by atoms with van der Waals surface area (Å²) in [6.45, 7) is 0.778. The van der Waals surface area contributed by atoms with Crippen molar-refractivity contribution in [2.75, 3.05) is 13.1 Å². The number of halogens is 4. The highest BCUT2D eigenvalue weighted by Crippen LogP contribution is 2.32. The van der Waals surface area contributed by atoms with Crippen LogP contribution in [0.25, 0.3) is 0 Å². The lowest BCUT2D eigenvalue weighted by Crippen LogP contribution is -2.56. The van der Waals surface area contributed by atoms with Crippen molar-refractivity contribution >= 4 is 23.4 Å². The fourth-order valence-corrected chi connectivity index (χ4v) is 3.61. The van der Waals surface area contributed by atoms with Gasteiger partial charge < -0.3 is 10.6 Å². The lowest BCUT2D eigenvalue weighted by molar-refractivity contribution is -0.139. The van der Waals surface area contributed by atoms with Crippen molar-refractivity contribution in [3.05, 3.63) is 70.2 Å². The van der Waals surface area contributed by atoms with Crippen LogP contribution in [0.2, 0.25) is 5.02 Å². The quantitative estimate of drug-likeness (QED) is 0.725. The van der Waals surface area contributed by atoms with Gasteiger partial charge in [0, 0.05) is 31.2 Å². The van der Waals surface area contributed by atoms with Crippen LogP contribution in [0.15, 0.2) is 48.5 Å². The van der Waals surface area contributed by atoms with Gasteiger partial charge in [-0.05, 0) is 23.3 Å². The van der Waals surface area contributed by atoms with Crippen LogP contribution in [0.5, 0.6) is 0 Å². The zero-order valence-corrected chi connectivity index (χ0v) is 16.8. The molecule has 1 aliphatic heterocycles. The summed E-state index contributed by atoms with van der Waals surface area (Å²) < 4.78 is 39.9. The maximum absolute atomic E-state index is 13.3. The number of benzene rings is 2. The molecule has 5 nitrogen and oxygen atoms in total. The number of alkyl halides is 3. The number of nitrogens with one attached hydrogen (secondary N) is 2. The summed E-state index contributed by atoms with van der Waals surface area (Å²) in [5.74, 6) is -0.760. The predicted molar refractivity (Wildman–Crippen MR) is 107 cm³/mol. The van der Waals surface area contributed by atoms with Gasteiger partial charge in [-0.1, -0.05) is 48.0 Å². The number of carbonyl (C=O) groups is 2. The average Bonchev–Trinajstić information content (AvgIpc) is 2.69. The van der Waals surface area contributed by atoms with E-state index in [9.17, 15) is 22.8 Å². The molecule has 2 N–H and O–H groups in total. The Hall–Kier alpha value is -2.58. The van der Waals surface area contributed by atoms with Crippen LogP contribution in [-0.4, -0.2) is 35.8 Å². The van der Waals surface area contributed by atoms with Gasteiger partial charge in [0.1, 0.15) is 0 Å². The number of amides is 2. The number of piperazine rings is 1. The van der Waals surface area contributed by atoms with Crippen LogP contribution in [-0.2, 0) is 28.9 Å². The van der Waals surface area contributed by atoms with Crippen LogP contribution < -0.4 is 10.6 Å². The van der Waals surface area contributed by atoms with Crippen molar-refractivity contribution in [2.24, 2.45) is 0 Å². The third kappa shape index (κ3) is 5.52. The minimum atomic E-state index is -4.49. The van der Waals surface area contributed by atoms with Gasteiger partial charge >= 0.3 is 6.18 Å². The molecule has 1 saturated heterocycles. The molecule has 2 aromatic carbocycles. The Balaban J connectivity index is 1.69. The normalized spacial score (nSPS) is 17.5. The standard InChI is InChI=1S/C21H21ClF3N3O2/c22-17-8-4-2-5-14(17)12-27-19(29)11-18-20(30)26-9-10-28(18)13-15-6-1-3-7-16(15)21(23,24)25/h1-8,18H,9-13H2,(H,26,30)(H,27,29). The first-order chi connectivity index (χ1) is 14.3. The first-order valence-corrected chi connectivity index (χ1v) is 9.80. The molecule has 0 aromatic heterocycles. The van der Waals surface area contributed by atoms with Crippen LogP contribution in [0, 0.1) is 0 Å². The molecule has 0 radical (unpaired) electrons. The van der Waals surface area contributed by atoms with Crippen molar-refractivity contribution in [3.8, 4) is 0 Å². The zero-order chi connectivity index (χ0) is 21.7. The Bertz CT molecular complexity index is 920. The minimum absolute atomic E-state index is 0.0705. The van der Waals surface area contributed by atoms with Gasteiger partial charge in [0.05, 0.1) is 18.0 Å². The summed E-state index contributed by atoms with van der Waals surface area (Å²) >= 11 is 6.07. The van der Waals surface area contributed by atoms with Gasteiger partial charge in [-0.2, -0.15) is 13.2 Å². The van der Waals surface area contributed by atoms with Crippen molar-refractivity contribution in [2.45, 2.75) is 31.7 Å². The number of hydrogen-bond donors (Lipinski definition) is 2. The lowest BCUT2D eigenvalue weighted by Gasteiger charge is -2.35. The molecule has 3 rings (SSSR count). The molecular formula is C21H21ClF3N3O2. The van der Waals surface area contributed by atoms with Gasteiger partial charge in [-0.25, -0.2) is 0 Å². The Labute approximate surface area is 177 Å². The summed E-state index contributed by atoms with van der Waals surface area (Å²) in [5.41, 5.74) is 0.0654. The molecule has 2 aromatic rings. The molecule has 1 aliphatic rings. The van der Waals surface area contributed by atoms with Crippen LogP contribution in [0.1, 0.15) is 23.1 Å². The second kappa shape index (κ2) is 9.49. The molecule has 2 amide bonds. The van der Waals surface area contributed by atoms with E-state index in [-0.39, 0.29) is 36.9 Å². The minimum Gasteiger partial charge on any atom is -0.353 e. The summed E-state index contributed by atoms with van der Waals surface area (Å²) in [4.78, 5) is 26.4. The lowest BCUT2D eigenvalue weighted by atomic mass is 10.0. The molecule has 1 fully saturated rings. The van der Waals surface area contributed by atoms with Gasteiger partial charge in [-0.15, -0.1) is 0 Å². The Morgan fingerprint density at radius 1 is 1.13 bits per heavy atom. The van der Waals surface area contributed by atoms with Crippen LogP contribution in [0.4, 0.5) is 13.2 Å². The van der Waals surface area contributed by atoms with E-state index in [4.69, 9.17) is 11.6 Å². The third-order valence-corrected chi connectivity index (χ3v) is 5.32. The van der Waals surface area contributed by atoms with E-state index in [2.05, 4.69) is 10.6 Å². The second-order valence-electron chi connectivity index (χ2n) is 7.00. The molecular weight excluding hydrogens is 419 g/mol. The molecule has 160 valence electrons. The van der Waals surface area contributed by atoms with E-state index in [0.29, 0.717) is 18.1 Å². The molecule has 9 heteroatoms. The molecule has 0 spiro atoms. The maximum atomic E-state index is 13.3. The summed E-state index contributed by atoms with van der Waals surface area (Å²) in [6.07, 6.45) is -4.65. The van der Waals surface area contributed by atoms with Crippen molar-refractivity contribution < 1.29 is 22.8 Å². The number of hydrogen-bond acceptors (Lipinski definition) is 3. The highest BCUT2D eigenvalue weighted by atomic mass is 35.5. The summed E-state index contributed by atoms with van der Waals surface area (Å²) in [6, 6.07) is 11.5. The van der Waals surface area contributed by atoms with Gasteiger partial charge in [0.2, 0.25) is 11.8 Å². The monoisotopic (exact) mass is 439 g/mol. The molecule has 1 unspecified atom stereocenters. The molecule has 0 saturated carbocycles. The Morgan fingerprint density at radius 3 is 2.50 bits per heavy atom. The zero-order valence-electron chi connectivity index (χ0n) is 16.0. The van der Waals surface area contributed by atoms with Gasteiger partial charge in [-0.3, -0.25) is 14.5 Å². The highest BCUT2D eigenvalue weighted by molar-refractivity contribution is 6.31. The van der Waals surface area contributed by atoms with Gasteiger partial charge in [0.15, 0.2) is 0 Å². The van der Waals surface area contributed by atoms with Crippen molar-refractivity contribution in [1.82, 2.24) is 15.5 Å². The van der Waals surface area contributed by atoms with Crippen molar-refractivity contribution in [3.63, 3.8) is 0 Å². The van der Waals surface area contributed by atoms with E-state index in [1.54, 1.807) is 29.2 Å². The number of rotatable bonds is 6. The smallest absolute Gasteiger partial charge is 0.353 e. The molecule has 0 aliphatic carbocycles. The Morgan fingerprint density at radius 2 is 1.80 bits per heavy atom. The first-order valence-electron chi connectivity index (χ1n) is 9.42. The number of carbonyl (C=O) groups excluding carboxylic acids is 2. The van der Waals surface area contributed by atoms with E-state index in [0.717, 1.165) is 11.6 Å². The molecule has 0 bridgehead atoms. The van der Waals surface area contributed by atoms with Crippen molar-refractivity contribution in [1.29, 1.82) is 0 Å². The Kier molecular flexibility index (Phi) is 6.99. The summed E-state index contributed by atoms with van der Waals surface area (Å²) in [7, 11) is 0. The molecule has 30 heavy (non-hydrogen) atoms. The fourth-order valence-electron chi connectivity index (χ4n) is 3.41. The summed E-state index contributed by atoms with van der Waals surface area (Å²) in [5, 5.41) is 5.91. The number of nitrogens with zero attached hydrogens (tertiary/aromatic N) is 1. The molecule has 1 heterocycles. The van der Waals surface area contributed by atoms with Crippen LogP contribution in [0.3, 0.4) is 0 Å². The fraction of sp³-hybridized carbons (Fsp3) is 0.333. The van der Waals surface area contributed by atoms with E-state index >= 15 is 0 Å². The van der Waals surface area contributed by atoms with E-state index in [1.165, 1.54) is 18.2 Å². The first kappa shape index (κ1) is 22.1.